The lowest BCUT2D eigenvalue weighted by molar-refractivity contribution is 0.102. The molecule has 0 radical (unpaired) electrons. The quantitative estimate of drug-likeness (QED) is 0.584. The second kappa shape index (κ2) is 7.61. The maximum atomic E-state index is 12.2. The zero-order chi connectivity index (χ0) is 17.1. The Kier molecular flexibility index (Phi) is 5.50. The molecule has 1 N–H and O–H groups in total. The van der Waals surface area contributed by atoms with Gasteiger partial charge in [0.25, 0.3) is 5.91 Å². The largest absolute Gasteiger partial charge is 0.298 e. The van der Waals surface area contributed by atoms with Crippen molar-refractivity contribution < 1.29 is 4.79 Å². The maximum absolute atomic E-state index is 12.2. The van der Waals surface area contributed by atoms with Gasteiger partial charge in [0.05, 0.1) is 5.56 Å². The number of aromatic nitrogens is 2. The van der Waals surface area contributed by atoms with Crippen molar-refractivity contribution in [3.63, 3.8) is 0 Å². The monoisotopic (exact) mass is 441 g/mol. The smallest absolute Gasteiger partial charge is 0.259 e. The molecule has 0 spiro atoms. The molecule has 2 aromatic heterocycles. The van der Waals surface area contributed by atoms with E-state index in [0.717, 1.165) is 14.9 Å². The summed E-state index contributed by atoms with van der Waals surface area (Å²) in [6, 6.07) is 7.04. The van der Waals surface area contributed by atoms with Crippen LogP contribution in [-0.2, 0) is 6.42 Å². The minimum atomic E-state index is -0.259. The van der Waals surface area contributed by atoms with Crippen LogP contribution in [0, 0.1) is 0 Å². The van der Waals surface area contributed by atoms with Crippen molar-refractivity contribution in [2.24, 2.45) is 0 Å². The highest BCUT2D eigenvalue weighted by atomic mass is 79.9. The van der Waals surface area contributed by atoms with Crippen LogP contribution in [0.4, 0.5) is 5.13 Å². The Hall–Kier alpha value is -1.47. The number of carbonyl (C=O) groups excluding carboxylic acids is 1. The summed E-state index contributed by atoms with van der Waals surface area (Å²) >= 11 is 16.9. The molecule has 3 rings (SSSR count). The lowest BCUT2D eigenvalue weighted by Crippen LogP contribution is -2.11. The zero-order valence-electron chi connectivity index (χ0n) is 12.1. The van der Waals surface area contributed by atoms with E-state index >= 15 is 0 Å². The molecule has 122 valence electrons. The van der Waals surface area contributed by atoms with Crippen molar-refractivity contribution in [3.05, 3.63) is 73.4 Å². The van der Waals surface area contributed by atoms with Crippen LogP contribution in [0.1, 0.15) is 20.8 Å². The van der Waals surface area contributed by atoms with E-state index in [1.54, 1.807) is 30.6 Å². The Morgan fingerprint density at radius 3 is 2.83 bits per heavy atom. The maximum Gasteiger partial charge on any atom is 0.259 e. The third kappa shape index (κ3) is 4.33. The lowest BCUT2D eigenvalue weighted by atomic mass is 10.1. The number of carbonyl (C=O) groups is 1. The van der Waals surface area contributed by atoms with E-state index in [1.807, 2.05) is 6.07 Å². The Balaban J connectivity index is 1.71. The number of nitrogens with zero attached hydrogens (tertiary/aromatic N) is 2. The zero-order valence-corrected chi connectivity index (χ0v) is 16.0. The van der Waals surface area contributed by atoms with E-state index in [-0.39, 0.29) is 5.91 Å². The van der Waals surface area contributed by atoms with Crippen molar-refractivity contribution in [2.75, 3.05) is 5.32 Å². The summed E-state index contributed by atoms with van der Waals surface area (Å²) in [6.07, 6.45) is 5.44. The van der Waals surface area contributed by atoms with Crippen LogP contribution in [0.3, 0.4) is 0 Å². The number of anilines is 1. The van der Waals surface area contributed by atoms with E-state index in [1.165, 1.54) is 17.5 Å². The highest BCUT2D eigenvalue weighted by Crippen LogP contribution is 2.27. The number of pyridine rings is 1. The van der Waals surface area contributed by atoms with Gasteiger partial charge >= 0.3 is 0 Å². The first-order chi connectivity index (χ1) is 11.5. The normalized spacial score (nSPS) is 10.6. The first-order valence-corrected chi connectivity index (χ1v) is 9.18. The molecule has 0 aliphatic carbocycles. The first kappa shape index (κ1) is 17.4. The van der Waals surface area contributed by atoms with Crippen LogP contribution in [0.2, 0.25) is 10.0 Å². The molecular weight excluding hydrogens is 433 g/mol. The molecule has 1 aromatic carbocycles. The number of rotatable bonds is 4. The van der Waals surface area contributed by atoms with E-state index < -0.39 is 0 Å². The molecule has 0 atom stereocenters. The summed E-state index contributed by atoms with van der Waals surface area (Å²) in [5.41, 5.74) is 1.38. The average molecular weight is 443 g/mol. The molecule has 24 heavy (non-hydrogen) atoms. The van der Waals surface area contributed by atoms with Crippen molar-refractivity contribution in [1.29, 1.82) is 0 Å². The standard InChI is InChI=1S/C16H10BrCl2N3OS/c17-11-3-10(6-20-7-11)15(23)22-16-21-8-13(24-16)5-9-4-12(18)1-2-14(9)19/h1-4,6-8H,5H2,(H,21,22,23). The highest BCUT2D eigenvalue weighted by molar-refractivity contribution is 9.10. The van der Waals surface area contributed by atoms with Gasteiger partial charge in [-0.25, -0.2) is 4.98 Å². The van der Waals surface area contributed by atoms with Gasteiger partial charge in [-0.05, 0) is 45.8 Å². The van der Waals surface area contributed by atoms with Gasteiger partial charge in [0.2, 0.25) is 0 Å². The Labute approximate surface area is 161 Å². The summed E-state index contributed by atoms with van der Waals surface area (Å²) in [7, 11) is 0. The molecule has 0 aliphatic rings. The van der Waals surface area contributed by atoms with Gasteiger partial charge in [-0.2, -0.15) is 0 Å². The fourth-order valence-electron chi connectivity index (χ4n) is 2.02. The molecule has 0 saturated carbocycles. The second-order valence-corrected chi connectivity index (χ2v) is 7.76. The van der Waals surface area contributed by atoms with Crippen molar-refractivity contribution in [2.45, 2.75) is 6.42 Å². The van der Waals surface area contributed by atoms with Crippen LogP contribution in [-0.4, -0.2) is 15.9 Å². The van der Waals surface area contributed by atoms with Crippen molar-refractivity contribution in [1.82, 2.24) is 9.97 Å². The highest BCUT2D eigenvalue weighted by Gasteiger charge is 2.11. The SMILES string of the molecule is O=C(Nc1ncc(Cc2cc(Cl)ccc2Cl)s1)c1cncc(Br)c1. The van der Waals surface area contributed by atoms with Crippen LogP contribution in [0.25, 0.3) is 0 Å². The summed E-state index contributed by atoms with van der Waals surface area (Å²) in [5, 5.41) is 4.57. The number of thiazole rings is 1. The average Bonchev–Trinajstić information content (AvgIpc) is 2.98. The van der Waals surface area contributed by atoms with Gasteiger partial charge in [-0.1, -0.05) is 23.2 Å². The second-order valence-electron chi connectivity index (χ2n) is 4.89. The van der Waals surface area contributed by atoms with E-state index in [4.69, 9.17) is 23.2 Å². The van der Waals surface area contributed by atoms with Gasteiger partial charge in [-0.15, -0.1) is 11.3 Å². The van der Waals surface area contributed by atoms with Gasteiger partial charge in [0.1, 0.15) is 0 Å². The number of hydrogen-bond acceptors (Lipinski definition) is 4. The van der Waals surface area contributed by atoms with Crippen LogP contribution >= 0.6 is 50.5 Å². The molecule has 0 aliphatic heterocycles. The number of nitrogens with one attached hydrogen (secondary N) is 1. The molecule has 0 unspecified atom stereocenters. The summed E-state index contributed by atoms with van der Waals surface area (Å²) < 4.78 is 0.741. The predicted molar refractivity (Wildman–Crippen MR) is 101 cm³/mol. The number of hydrogen-bond donors (Lipinski definition) is 1. The van der Waals surface area contributed by atoms with Gasteiger partial charge in [-0.3, -0.25) is 15.1 Å². The molecule has 1 amide bonds. The summed E-state index contributed by atoms with van der Waals surface area (Å²) in [4.78, 5) is 21.4. The molecule has 0 fully saturated rings. The van der Waals surface area contributed by atoms with Gasteiger partial charge < -0.3 is 0 Å². The first-order valence-electron chi connectivity index (χ1n) is 6.82. The van der Waals surface area contributed by atoms with Crippen molar-refractivity contribution in [3.8, 4) is 0 Å². The predicted octanol–water partition coefficient (Wildman–Crippen LogP) is 5.45. The molecule has 3 aromatic rings. The van der Waals surface area contributed by atoms with Gasteiger partial charge in [0.15, 0.2) is 5.13 Å². The van der Waals surface area contributed by atoms with E-state index in [0.29, 0.717) is 27.2 Å². The van der Waals surface area contributed by atoms with Crippen molar-refractivity contribution >= 4 is 61.5 Å². The fourth-order valence-corrected chi connectivity index (χ4v) is 3.59. The molecule has 2 heterocycles. The lowest BCUT2D eigenvalue weighted by Gasteiger charge is -2.03. The third-order valence-electron chi connectivity index (χ3n) is 3.11. The molecule has 0 bridgehead atoms. The number of benzene rings is 1. The molecule has 4 nitrogen and oxygen atoms in total. The van der Waals surface area contributed by atoms with Crippen LogP contribution in [0.5, 0.6) is 0 Å². The minimum Gasteiger partial charge on any atom is -0.298 e. The summed E-state index contributed by atoms with van der Waals surface area (Å²) in [6.45, 7) is 0. The van der Waals surface area contributed by atoms with Crippen LogP contribution in [0.15, 0.2) is 47.3 Å². The van der Waals surface area contributed by atoms with E-state index in [9.17, 15) is 4.79 Å². The Morgan fingerprint density at radius 1 is 1.21 bits per heavy atom. The Morgan fingerprint density at radius 2 is 2.04 bits per heavy atom. The molecule has 0 saturated heterocycles. The number of amides is 1. The summed E-state index contributed by atoms with van der Waals surface area (Å²) in [5.74, 6) is -0.259. The number of halogens is 3. The van der Waals surface area contributed by atoms with E-state index in [2.05, 4.69) is 31.2 Å². The minimum absolute atomic E-state index is 0.259. The third-order valence-corrected chi connectivity index (χ3v) is 5.06. The Bertz CT molecular complexity index is 901. The topological polar surface area (TPSA) is 54.9 Å². The molecular formula is C16H10BrCl2N3OS. The molecule has 8 heteroatoms. The fraction of sp³-hybridized carbons (Fsp3) is 0.0625. The van der Waals surface area contributed by atoms with Gasteiger partial charge in [0, 0.05) is 44.4 Å². The van der Waals surface area contributed by atoms with Crippen LogP contribution < -0.4 is 5.32 Å².